The van der Waals surface area contributed by atoms with Crippen molar-refractivity contribution in [2.24, 2.45) is 0 Å². The van der Waals surface area contributed by atoms with E-state index in [1.165, 1.54) is 5.56 Å². The maximum atomic E-state index is 5.85. The van der Waals surface area contributed by atoms with Crippen LogP contribution in [0.1, 0.15) is 58.9 Å². The smallest absolute Gasteiger partial charge is 0.123 e. The SMILES string of the molecule is CCCOc1ccc(Br)cc1CNC(CC)(CC)CC. The van der Waals surface area contributed by atoms with Crippen molar-refractivity contribution < 1.29 is 4.74 Å². The number of halogens is 1. The van der Waals surface area contributed by atoms with Gasteiger partial charge >= 0.3 is 0 Å². The second kappa shape index (κ2) is 8.68. The summed E-state index contributed by atoms with van der Waals surface area (Å²) in [4.78, 5) is 0. The van der Waals surface area contributed by atoms with Crippen molar-refractivity contribution in [3.05, 3.63) is 28.2 Å². The largest absolute Gasteiger partial charge is 0.493 e. The molecular weight excluding hydrogens is 314 g/mol. The van der Waals surface area contributed by atoms with Crippen LogP contribution < -0.4 is 10.1 Å². The van der Waals surface area contributed by atoms with E-state index in [0.717, 1.165) is 49.1 Å². The minimum atomic E-state index is 0.240. The Morgan fingerprint density at radius 2 is 1.75 bits per heavy atom. The average molecular weight is 342 g/mol. The summed E-state index contributed by atoms with van der Waals surface area (Å²) in [5, 5.41) is 3.74. The van der Waals surface area contributed by atoms with Crippen LogP contribution >= 0.6 is 15.9 Å². The molecule has 0 aliphatic heterocycles. The highest BCUT2D eigenvalue weighted by Crippen LogP contribution is 2.26. The number of hydrogen-bond donors (Lipinski definition) is 1. The third kappa shape index (κ3) is 4.78. The fourth-order valence-corrected chi connectivity index (χ4v) is 2.86. The van der Waals surface area contributed by atoms with Crippen molar-refractivity contribution in [3.63, 3.8) is 0 Å². The van der Waals surface area contributed by atoms with Crippen LogP contribution in [0.4, 0.5) is 0 Å². The van der Waals surface area contributed by atoms with Crippen LogP contribution in [0.2, 0.25) is 0 Å². The molecule has 0 fully saturated rings. The van der Waals surface area contributed by atoms with Gasteiger partial charge < -0.3 is 10.1 Å². The second-order valence-electron chi connectivity index (χ2n) is 5.30. The van der Waals surface area contributed by atoms with Gasteiger partial charge in [-0.1, -0.05) is 43.6 Å². The van der Waals surface area contributed by atoms with E-state index in [1.807, 2.05) is 6.07 Å². The summed E-state index contributed by atoms with van der Waals surface area (Å²) >= 11 is 3.55. The average Bonchev–Trinajstić information content (AvgIpc) is 2.48. The highest BCUT2D eigenvalue weighted by atomic mass is 79.9. The highest BCUT2D eigenvalue weighted by Gasteiger charge is 2.23. The van der Waals surface area contributed by atoms with Gasteiger partial charge in [0.25, 0.3) is 0 Å². The third-order valence-electron chi connectivity index (χ3n) is 4.17. The minimum absolute atomic E-state index is 0.240. The van der Waals surface area contributed by atoms with E-state index in [0.29, 0.717) is 0 Å². The molecule has 0 atom stereocenters. The number of hydrogen-bond acceptors (Lipinski definition) is 2. The Morgan fingerprint density at radius 1 is 1.10 bits per heavy atom. The molecule has 0 saturated heterocycles. The first-order valence-corrected chi connectivity index (χ1v) is 8.56. The fourth-order valence-electron chi connectivity index (χ4n) is 2.45. The van der Waals surface area contributed by atoms with E-state index in [1.54, 1.807) is 0 Å². The second-order valence-corrected chi connectivity index (χ2v) is 6.21. The van der Waals surface area contributed by atoms with E-state index in [2.05, 4.69) is 61.1 Å². The van der Waals surface area contributed by atoms with E-state index >= 15 is 0 Å². The monoisotopic (exact) mass is 341 g/mol. The molecule has 2 nitrogen and oxygen atoms in total. The zero-order valence-electron chi connectivity index (χ0n) is 13.3. The summed E-state index contributed by atoms with van der Waals surface area (Å²) in [5.41, 5.74) is 1.47. The Labute approximate surface area is 132 Å². The summed E-state index contributed by atoms with van der Waals surface area (Å²) in [5.74, 6) is 1.000. The van der Waals surface area contributed by atoms with Gasteiger partial charge in [0, 0.05) is 22.1 Å². The summed E-state index contributed by atoms with van der Waals surface area (Å²) in [6.07, 6.45) is 4.49. The zero-order valence-corrected chi connectivity index (χ0v) is 14.8. The van der Waals surface area contributed by atoms with Crippen molar-refractivity contribution >= 4 is 15.9 Å². The van der Waals surface area contributed by atoms with E-state index in [-0.39, 0.29) is 5.54 Å². The van der Waals surface area contributed by atoms with Gasteiger partial charge in [0.05, 0.1) is 6.61 Å². The van der Waals surface area contributed by atoms with Crippen LogP contribution in [-0.2, 0) is 6.54 Å². The lowest BCUT2D eigenvalue weighted by atomic mass is 9.89. The third-order valence-corrected chi connectivity index (χ3v) is 4.66. The molecule has 114 valence electrons. The molecule has 1 N–H and O–H groups in total. The van der Waals surface area contributed by atoms with Crippen molar-refractivity contribution in [2.75, 3.05) is 6.61 Å². The molecule has 0 unspecified atom stereocenters. The molecule has 20 heavy (non-hydrogen) atoms. The van der Waals surface area contributed by atoms with E-state index in [9.17, 15) is 0 Å². The van der Waals surface area contributed by atoms with Crippen LogP contribution in [0.5, 0.6) is 5.75 Å². The summed E-state index contributed by atoms with van der Waals surface area (Å²) in [6.45, 7) is 10.5. The number of nitrogens with one attached hydrogen (secondary N) is 1. The zero-order chi connectivity index (χ0) is 15.0. The summed E-state index contributed by atoms with van der Waals surface area (Å²) < 4.78 is 6.95. The standard InChI is InChI=1S/C17H28BrNO/c1-5-11-20-16-10-9-15(18)12-14(16)13-19-17(6-2,7-3)8-4/h9-10,12,19H,5-8,11,13H2,1-4H3. The predicted octanol–water partition coefficient (Wildman–Crippen LogP) is 5.30. The summed E-state index contributed by atoms with van der Waals surface area (Å²) in [7, 11) is 0. The molecule has 0 aliphatic rings. The van der Waals surface area contributed by atoms with Crippen LogP contribution in [-0.4, -0.2) is 12.1 Å². The Bertz CT molecular complexity index is 394. The Balaban J connectivity index is 2.82. The van der Waals surface area contributed by atoms with Crippen LogP contribution in [0.25, 0.3) is 0 Å². The lowest BCUT2D eigenvalue weighted by Crippen LogP contribution is -2.43. The Morgan fingerprint density at radius 3 is 2.30 bits per heavy atom. The normalized spacial score (nSPS) is 11.7. The van der Waals surface area contributed by atoms with Crippen molar-refractivity contribution in [3.8, 4) is 5.75 Å². The molecule has 0 spiro atoms. The molecule has 1 aromatic carbocycles. The minimum Gasteiger partial charge on any atom is -0.493 e. The van der Waals surface area contributed by atoms with Gasteiger partial charge in [-0.3, -0.25) is 0 Å². The molecule has 0 radical (unpaired) electrons. The molecule has 0 saturated carbocycles. The molecule has 0 heterocycles. The molecule has 1 rings (SSSR count). The molecule has 1 aromatic rings. The number of ether oxygens (including phenoxy) is 1. The van der Waals surface area contributed by atoms with Gasteiger partial charge in [0.1, 0.15) is 5.75 Å². The first-order chi connectivity index (χ1) is 9.60. The van der Waals surface area contributed by atoms with Gasteiger partial charge in [0.15, 0.2) is 0 Å². The quantitative estimate of drug-likeness (QED) is 0.658. The number of benzene rings is 1. The van der Waals surface area contributed by atoms with Gasteiger partial charge in [0.2, 0.25) is 0 Å². The molecule has 0 bridgehead atoms. The maximum absolute atomic E-state index is 5.85. The fraction of sp³-hybridized carbons (Fsp3) is 0.647. The molecule has 0 amide bonds. The lowest BCUT2D eigenvalue weighted by molar-refractivity contribution is 0.280. The number of rotatable bonds is 9. The molecule has 3 heteroatoms. The van der Waals surface area contributed by atoms with Crippen molar-refractivity contribution in [2.45, 2.75) is 65.5 Å². The van der Waals surface area contributed by atoms with Crippen LogP contribution in [0.15, 0.2) is 22.7 Å². The van der Waals surface area contributed by atoms with Gasteiger partial charge in [-0.2, -0.15) is 0 Å². The first kappa shape index (κ1) is 17.5. The predicted molar refractivity (Wildman–Crippen MR) is 90.4 cm³/mol. The first-order valence-electron chi connectivity index (χ1n) is 7.77. The molecule has 0 aromatic heterocycles. The van der Waals surface area contributed by atoms with Gasteiger partial charge in [-0.15, -0.1) is 0 Å². The maximum Gasteiger partial charge on any atom is 0.123 e. The molecular formula is C17H28BrNO. The van der Waals surface area contributed by atoms with Crippen LogP contribution in [0.3, 0.4) is 0 Å². The Kier molecular flexibility index (Phi) is 7.60. The van der Waals surface area contributed by atoms with E-state index < -0.39 is 0 Å². The molecule has 0 aliphatic carbocycles. The van der Waals surface area contributed by atoms with Gasteiger partial charge in [-0.05, 0) is 43.9 Å². The van der Waals surface area contributed by atoms with Crippen molar-refractivity contribution in [1.82, 2.24) is 5.32 Å². The Hall–Kier alpha value is -0.540. The van der Waals surface area contributed by atoms with E-state index in [4.69, 9.17) is 4.74 Å². The summed E-state index contributed by atoms with van der Waals surface area (Å²) in [6, 6.07) is 6.26. The topological polar surface area (TPSA) is 21.3 Å². The lowest BCUT2D eigenvalue weighted by Gasteiger charge is -2.32. The van der Waals surface area contributed by atoms with Gasteiger partial charge in [-0.25, -0.2) is 0 Å². The highest BCUT2D eigenvalue weighted by molar-refractivity contribution is 9.10. The van der Waals surface area contributed by atoms with Crippen molar-refractivity contribution in [1.29, 1.82) is 0 Å². The van der Waals surface area contributed by atoms with Crippen LogP contribution in [0, 0.1) is 0 Å².